The van der Waals surface area contributed by atoms with Crippen molar-refractivity contribution in [2.45, 2.75) is 25.8 Å². The summed E-state index contributed by atoms with van der Waals surface area (Å²) in [5, 5.41) is 6.22. The topological polar surface area (TPSA) is 59.6 Å². The lowest BCUT2D eigenvalue weighted by Crippen LogP contribution is -2.48. The van der Waals surface area contributed by atoms with Crippen molar-refractivity contribution in [3.8, 4) is 5.75 Å². The van der Waals surface area contributed by atoms with Crippen LogP contribution in [0.15, 0.2) is 24.3 Å². The maximum Gasteiger partial charge on any atom is 0.251 e. The normalized spacial score (nSPS) is 18.2. The Kier molecular flexibility index (Phi) is 6.50. The van der Waals surface area contributed by atoms with Crippen LogP contribution in [0.2, 0.25) is 0 Å². The number of morpholine rings is 1. The van der Waals surface area contributed by atoms with Crippen molar-refractivity contribution >= 4 is 5.91 Å². The van der Waals surface area contributed by atoms with E-state index in [1.165, 1.54) is 0 Å². The molecule has 0 saturated carbocycles. The van der Waals surface area contributed by atoms with Crippen molar-refractivity contribution in [2.75, 3.05) is 32.9 Å². The third-order valence-corrected chi connectivity index (χ3v) is 3.39. The van der Waals surface area contributed by atoms with Gasteiger partial charge in [-0.25, -0.2) is 0 Å². The number of hydrogen-bond acceptors (Lipinski definition) is 4. The second kappa shape index (κ2) is 8.64. The predicted octanol–water partition coefficient (Wildman–Crippen LogP) is 1.58. The van der Waals surface area contributed by atoms with Crippen LogP contribution in [0.4, 0.5) is 0 Å². The van der Waals surface area contributed by atoms with E-state index < -0.39 is 0 Å². The minimum Gasteiger partial charge on any atom is -0.494 e. The predicted molar refractivity (Wildman–Crippen MR) is 81.8 cm³/mol. The summed E-state index contributed by atoms with van der Waals surface area (Å²) >= 11 is 0. The number of carbonyl (C=O) groups excluding carboxylic acids is 1. The van der Waals surface area contributed by atoms with Gasteiger partial charge in [0.25, 0.3) is 5.91 Å². The van der Waals surface area contributed by atoms with E-state index in [-0.39, 0.29) is 11.9 Å². The standard InChI is InChI=1S/C16H24N2O3/c1-2-3-9-21-15-6-4-13(5-7-15)16(19)18-11-14-12-20-10-8-17-14/h4-7,14,17H,2-3,8-12H2,1H3,(H,18,19). The molecule has 0 aromatic heterocycles. The molecule has 0 spiro atoms. The first-order valence-electron chi connectivity index (χ1n) is 7.62. The molecule has 1 atom stereocenters. The summed E-state index contributed by atoms with van der Waals surface area (Å²) in [5.74, 6) is 0.741. The summed E-state index contributed by atoms with van der Waals surface area (Å²) in [6, 6.07) is 7.46. The first-order valence-corrected chi connectivity index (χ1v) is 7.62. The fourth-order valence-electron chi connectivity index (χ4n) is 2.11. The lowest BCUT2D eigenvalue weighted by Gasteiger charge is -2.23. The van der Waals surface area contributed by atoms with Gasteiger partial charge in [-0.05, 0) is 30.7 Å². The Morgan fingerprint density at radius 1 is 1.43 bits per heavy atom. The number of benzene rings is 1. The molecule has 2 N–H and O–H groups in total. The molecule has 5 nitrogen and oxygen atoms in total. The minimum atomic E-state index is -0.0671. The monoisotopic (exact) mass is 292 g/mol. The van der Waals surface area contributed by atoms with Crippen LogP contribution >= 0.6 is 0 Å². The van der Waals surface area contributed by atoms with Gasteiger partial charge in [0.05, 0.1) is 19.8 Å². The Labute approximate surface area is 126 Å². The molecule has 5 heteroatoms. The molecular formula is C16H24N2O3. The zero-order valence-electron chi connectivity index (χ0n) is 12.6. The summed E-state index contributed by atoms with van der Waals surface area (Å²) in [6.07, 6.45) is 2.15. The number of nitrogens with one attached hydrogen (secondary N) is 2. The van der Waals surface area contributed by atoms with Crippen LogP contribution in [0.3, 0.4) is 0 Å². The van der Waals surface area contributed by atoms with E-state index in [0.29, 0.717) is 18.7 Å². The quantitative estimate of drug-likeness (QED) is 0.749. The molecule has 2 rings (SSSR count). The molecule has 0 aliphatic carbocycles. The third-order valence-electron chi connectivity index (χ3n) is 3.39. The van der Waals surface area contributed by atoms with Gasteiger partial charge in [0.15, 0.2) is 0 Å². The van der Waals surface area contributed by atoms with Crippen molar-refractivity contribution in [1.29, 1.82) is 0 Å². The first kappa shape index (κ1) is 15.8. The number of hydrogen-bond donors (Lipinski definition) is 2. The molecule has 1 unspecified atom stereocenters. The van der Waals surface area contributed by atoms with Crippen LogP contribution in [0.5, 0.6) is 5.75 Å². The summed E-state index contributed by atoms with van der Waals surface area (Å²) in [7, 11) is 0. The maximum atomic E-state index is 12.0. The molecule has 1 heterocycles. The average molecular weight is 292 g/mol. The van der Waals surface area contributed by atoms with E-state index in [0.717, 1.165) is 38.3 Å². The minimum absolute atomic E-state index is 0.0671. The molecule has 21 heavy (non-hydrogen) atoms. The number of ether oxygens (including phenoxy) is 2. The fraction of sp³-hybridized carbons (Fsp3) is 0.562. The number of amides is 1. The smallest absolute Gasteiger partial charge is 0.251 e. The summed E-state index contributed by atoms with van der Waals surface area (Å²) in [4.78, 5) is 12.0. The van der Waals surface area contributed by atoms with Crippen molar-refractivity contribution < 1.29 is 14.3 Å². The highest BCUT2D eigenvalue weighted by atomic mass is 16.5. The van der Waals surface area contributed by atoms with Crippen molar-refractivity contribution in [2.24, 2.45) is 0 Å². The van der Waals surface area contributed by atoms with Crippen LogP contribution in [-0.4, -0.2) is 44.9 Å². The van der Waals surface area contributed by atoms with Gasteiger partial charge in [-0.2, -0.15) is 0 Å². The average Bonchev–Trinajstić information content (AvgIpc) is 2.54. The number of rotatable bonds is 7. The Morgan fingerprint density at radius 2 is 2.24 bits per heavy atom. The molecule has 1 aliphatic rings. The Bertz CT molecular complexity index is 428. The van der Waals surface area contributed by atoms with Crippen molar-refractivity contribution in [1.82, 2.24) is 10.6 Å². The largest absolute Gasteiger partial charge is 0.494 e. The lowest BCUT2D eigenvalue weighted by molar-refractivity contribution is 0.0734. The van der Waals surface area contributed by atoms with Crippen LogP contribution in [0, 0.1) is 0 Å². The highest BCUT2D eigenvalue weighted by molar-refractivity contribution is 5.94. The van der Waals surface area contributed by atoms with E-state index in [1.807, 2.05) is 12.1 Å². The molecule has 1 saturated heterocycles. The second-order valence-electron chi connectivity index (χ2n) is 5.16. The van der Waals surface area contributed by atoms with E-state index in [2.05, 4.69) is 17.6 Å². The van der Waals surface area contributed by atoms with Crippen molar-refractivity contribution in [3.63, 3.8) is 0 Å². The van der Waals surface area contributed by atoms with E-state index in [4.69, 9.17) is 9.47 Å². The zero-order valence-corrected chi connectivity index (χ0v) is 12.6. The zero-order chi connectivity index (χ0) is 14.9. The van der Waals surface area contributed by atoms with Gasteiger partial charge in [-0.15, -0.1) is 0 Å². The molecule has 1 aromatic carbocycles. The van der Waals surface area contributed by atoms with E-state index in [1.54, 1.807) is 12.1 Å². The van der Waals surface area contributed by atoms with Crippen LogP contribution in [0.1, 0.15) is 30.1 Å². The summed E-state index contributed by atoms with van der Waals surface area (Å²) in [6.45, 7) is 5.64. The molecule has 116 valence electrons. The summed E-state index contributed by atoms with van der Waals surface area (Å²) in [5.41, 5.74) is 0.648. The Morgan fingerprint density at radius 3 is 2.90 bits per heavy atom. The van der Waals surface area contributed by atoms with Gasteiger partial charge in [-0.3, -0.25) is 4.79 Å². The molecule has 0 bridgehead atoms. The van der Waals surface area contributed by atoms with Gasteiger partial charge in [0, 0.05) is 24.7 Å². The van der Waals surface area contributed by atoms with Crippen LogP contribution in [-0.2, 0) is 4.74 Å². The van der Waals surface area contributed by atoms with E-state index in [9.17, 15) is 4.79 Å². The molecule has 1 aliphatic heterocycles. The number of carbonyl (C=O) groups is 1. The molecule has 1 aromatic rings. The highest BCUT2D eigenvalue weighted by Gasteiger charge is 2.14. The molecule has 1 fully saturated rings. The second-order valence-corrected chi connectivity index (χ2v) is 5.16. The lowest BCUT2D eigenvalue weighted by atomic mass is 10.2. The maximum absolute atomic E-state index is 12.0. The highest BCUT2D eigenvalue weighted by Crippen LogP contribution is 2.12. The molecular weight excluding hydrogens is 268 g/mol. The fourth-order valence-corrected chi connectivity index (χ4v) is 2.11. The third kappa shape index (κ3) is 5.36. The van der Waals surface area contributed by atoms with Gasteiger partial charge in [-0.1, -0.05) is 13.3 Å². The van der Waals surface area contributed by atoms with Gasteiger partial charge in [0.1, 0.15) is 5.75 Å². The Hall–Kier alpha value is -1.59. The van der Waals surface area contributed by atoms with Crippen molar-refractivity contribution in [3.05, 3.63) is 29.8 Å². The molecule has 1 amide bonds. The van der Waals surface area contributed by atoms with E-state index >= 15 is 0 Å². The van der Waals surface area contributed by atoms with Gasteiger partial charge in [0.2, 0.25) is 0 Å². The van der Waals surface area contributed by atoms with Gasteiger partial charge < -0.3 is 20.1 Å². The van der Waals surface area contributed by atoms with Gasteiger partial charge >= 0.3 is 0 Å². The molecule has 0 radical (unpaired) electrons. The van der Waals surface area contributed by atoms with Crippen LogP contribution < -0.4 is 15.4 Å². The Balaban J connectivity index is 1.76. The number of unbranched alkanes of at least 4 members (excludes halogenated alkanes) is 1. The SMILES string of the molecule is CCCCOc1ccc(C(=O)NCC2COCCN2)cc1. The van der Waals surface area contributed by atoms with Crippen LogP contribution in [0.25, 0.3) is 0 Å². The first-order chi connectivity index (χ1) is 10.3. The summed E-state index contributed by atoms with van der Waals surface area (Å²) < 4.78 is 10.9.